The number of rotatable bonds is 4. The molecule has 130 valence electrons. The van der Waals surface area contributed by atoms with Crippen LogP contribution in [0.4, 0.5) is 5.13 Å². The molecule has 8 heteroatoms. The molecule has 0 fully saturated rings. The summed E-state index contributed by atoms with van der Waals surface area (Å²) in [5.74, 6) is 0.414. The number of fused-ring (bicyclic) bond motifs is 1. The average Bonchev–Trinajstić information content (AvgIpc) is 2.94. The summed E-state index contributed by atoms with van der Waals surface area (Å²) in [7, 11) is 1.60. The molecule has 0 saturated heterocycles. The molecule has 1 N–H and O–H groups in total. The van der Waals surface area contributed by atoms with Crippen LogP contribution in [0.5, 0.6) is 5.75 Å². The van der Waals surface area contributed by atoms with E-state index in [9.17, 15) is 9.59 Å². The van der Waals surface area contributed by atoms with Crippen molar-refractivity contribution in [2.75, 3.05) is 12.4 Å². The van der Waals surface area contributed by atoms with Gasteiger partial charge in [-0.05, 0) is 45.0 Å². The lowest BCUT2D eigenvalue weighted by molar-refractivity contribution is -0.118. The highest BCUT2D eigenvalue weighted by Crippen LogP contribution is 2.29. The largest absolute Gasteiger partial charge is 0.497 e. The molecule has 2 heterocycles. The van der Waals surface area contributed by atoms with Crippen LogP contribution in [0.3, 0.4) is 0 Å². The standard InChI is InChI=1S/C17H18N4O3S/c1-9-7-10(2)21(17(23)18-9)11(3)15(22)20-16-19-13-6-5-12(24-4)8-14(13)25-16/h5-8,11H,1-4H3,(H,19,20,22). The van der Waals surface area contributed by atoms with Crippen LogP contribution in [-0.2, 0) is 4.79 Å². The molecule has 1 aromatic carbocycles. The molecule has 3 aromatic rings. The van der Waals surface area contributed by atoms with Gasteiger partial charge in [0.2, 0.25) is 5.91 Å². The molecule has 0 bridgehead atoms. The Balaban J connectivity index is 1.86. The Bertz CT molecular complexity index is 1010. The summed E-state index contributed by atoms with van der Waals surface area (Å²) in [5.41, 5.74) is 1.66. The summed E-state index contributed by atoms with van der Waals surface area (Å²) in [6.45, 7) is 5.19. The number of hydrogen-bond donors (Lipinski definition) is 1. The Morgan fingerprint density at radius 3 is 2.72 bits per heavy atom. The van der Waals surface area contributed by atoms with E-state index in [1.54, 1.807) is 33.9 Å². The second kappa shape index (κ2) is 6.64. The lowest BCUT2D eigenvalue weighted by Crippen LogP contribution is -2.34. The van der Waals surface area contributed by atoms with Crippen LogP contribution in [0.15, 0.2) is 29.1 Å². The molecule has 7 nitrogen and oxygen atoms in total. The zero-order chi connectivity index (χ0) is 18.1. The Kier molecular flexibility index (Phi) is 4.54. The molecule has 0 saturated carbocycles. The molecular formula is C17H18N4O3S. The number of amides is 1. The maximum absolute atomic E-state index is 12.5. The molecule has 0 spiro atoms. The van der Waals surface area contributed by atoms with Crippen molar-refractivity contribution in [3.05, 3.63) is 46.1 Å². The third-order valence-corrected chi connectivity index (χ3v) is 4.80. The average molecular weight is 358 g/mol. The maximum atomic E-state index is 12.5. The Morgan fingerprint density at radius 1 is 1.28 bits per heavy atom. The van der Waals surface area contributed by atoms with Gasteiger partial charge in [-0.2, -0.15) is 4.98 Å². The van der Waals surface area contributed by atoms with Crippen LogP contribution in [0.1, 0.15) is 24.4 Å². The van der Waals surface area contributed by atoms with Crippen molar-refractivity contribution >= 4 is 32.6 Å². The molecule has 1 amide bonds. The van der Waals surface area contributed by atoms with E-state index in [0.717, 1.165) is 16.0 Å². The third-order valence-electron chi connectivity index (χ3n) is 3.87. The second-order valence-corrected chi connectivity index (χ2v) is 6.74. The first-order chi connectivity index (χ1) is 11.9. The first kappa shape index (κ1) is 17.1. The van der Waals surface area contributed by atoms with E-state index in [2.05, 4.69) is 15.3 Å². The smallest absolute Gasteiger partial charge is 0.348 e. The van der Waals surface area contributed by atoms with Crippen LogP contribution < -0.4 is 15.7 Å². The molecule has 0 aliphatic carbocycles. The fourth-order valence-corrected chi connectivity index (χ4v) is 3.54. The van der Waals surface area contributed by atoms with Gasteiger partial charge in [0.1, 0.15) is 11.8 Å². The highest BCUT2D eigenvalue weighted by molar-refractivity contribution is 7.22. The number of anilines is 1. The number of thiazole rings is 1. The molecule has 1 atom stereocenters. The minimum Gasteiger partial charge on any atom is -0.497 e. The third kappa shape index (κ3) is 3.39. The molecule has 25 heavy (non-hydrogen) atoms. The van der Waals surface area contributed by atoms with Crippen molar-refractivity contribution in [3.63, 3.8) is 0 Å². The Morgan fingerprint density at radius 2 is 2.04 bits per heavy atom. The normalized spacial score (nSPS) is 12.2. The molecule has 2 aromatic heterocycles. The van der Waals surface area contributed by atoms with E-state index < -0.39 is 11.7 Å². The predicted octanol–water partition coefficient (Wildman–Crippen LogP) is 2.68. The fourth-order valence-electron chi connectivity index (χ4n) is 2.64. The van der Waals surface area contributed by atoms with Gasteiger partial charge in [-0.15, -0.1) is 0 Å². The number of aryl methyl sites for hydroxylation is 2. The van der Waals surface area contributed by atoms with Gasteiger partial charge < -0.3 is 10.1 Å². The summed E-state index contributed by atoms with van der Waals surface area (Å²) in [6, 6.07) is 6.60. The number of ether oxygens (including phenoxy) is 1. The summed E-state index contributed by atoms with van der Waals surface area (Å²) >= 11 is 1.35. The maximum Gasteiger partial charge on any atom is 0.348 e. The number of hydrogen-bond acceptors (Lipinski definition) is 6. The monoisotopic (exact) mass is 358 g/mol. The predicted molar refractivity (Wildman–Crippen MR) is 97.5 cm³/mol. The van der Waals surface area contributed by atoms with Gasteiger partial charge in [-0.3, -0.25) is 9.36 Å². The minimum absolute atomic E-state index is 0.318. The number of nitrogens with zero attached hydrogens (tertiary/aromatic N) is 3. The molecule has 0 radical (unpaired) electrons. The van der Waals surface area contributed by atoms with Gasteiger partial charge >= 0.3 is 5.69 Å². The van der Waals surface area contributed by atoms with Crippen LogP contribution in [0.25, 0.3) is 10.2 Å². The van der Waals surface area contributed by atoms with E-state index in [0.29, 0.717) is 16.5 Å². The van der Waals surface area contributed by atoms with Crippen molar-refractivity contribution in [1.29, 1.82) is 0 Å². The molecule has 0 aliphatic heterocycles. The van der Waals surface area contributed by atoms with Crippen LogP contribution >= 0.6 is 11.3 Å². The minimum atomic E-state index is -0.692. The number of carbonyl (C=O) groups is 1. The lowest BCUT2D eigenvalue weighted by atomic mass is 10.2. The van der Waals surface area contributed by atoms with Gasteiger partial charge in [0.05, 0.1) is 17.3 Å². The summed E-state index contributed by atoms with van der Waals surface area (Å²) in [4.78, 5) is 33.0. The Labute approximate surface area is 148 Å². The number of benzene rings is 1. The molecule has 1 unspecified atom stereocenters. The van der Waals surface area contributed by atoms with Crippen molar-refractivity contribution in [2.45, 2.75) is 26.8 Å². The van der Waals surface area contributed by atoms with Crippen molar-refractivity contribution < 1.29 is 9.53 Å². The second-order valence-electron chi connectivity index (χ2n) is 5.71. The van der Waals surface area contributed by atoms with E-state index in [1.807, 2.05) is 18.2 Å². The quantitative estimate of drug-likeness (QED) is 0.775. The van der Waals surface area contributed by atoms with Crippen molar-refractivity contribution in [1.82, 2.24) is 14.5 Å². The Hall–Kier alpha value is -2.74. The van der Waals surface area contributed by atoms with E-state index in [-0.39, 0.29) is 5.91 Å². The van der Waals surface area contributed by atoms with Crippen LogP contribution in [0, 0.1) is 13.8 Å². The highest BCUT2D eigenvalue weighted by atomic mass is 32.1. The molecule has 0 aliphatic rings. The van der Waals surface area contributed by atoms with Gasteiger partial charge in [-0.25, -0.2) is 9.78 Å². The van der Waals surface area contributed by atoms with Gasteiger partial charge in [0, 0.05) is 11.4 Å². The summed E-state index contributed by atoms with van der Waals surface area (Å²) in [5, 5.41) is 3.25. The number of methoxy groups -OCH3 is 1. The topological polar surface area (TPSA) is 86.1 Å². The zero-order valence-corrected chi connectivity index (χ0v) is 15.2. The number of nitrogens with one attached hydrogen (secondary N) is 1. The van der Waals surface area contributed by atoms with Crippen LogP contribution in [0.2, 0.25) is 0 Å². The van der Waals surface area contributed by atoms with Gasteiger partial charge in [0.15, 0.2) is 5.13 Å². The first-order valence-electron chi connectivity index (χ1n) is 7.71. The van der Waals surface area contributed by atoms with E-state index in [1.165, 1.54) is 15.9 Å². The summed E-state index contributed by atoms with van der Waals surface area (Å²) in [6.07, 6.45) is 0. The summed E-state index contributed by atoms with van der Waals surface area (Å²) < 4.78 is 7.47. The fraction of sp³-hybridized carbons (Fsp3) is 0.294. The number of carbonyl (C=O) groups excluding carboxylic acids is 1. The van der Waals surface area contributed by atoms with Gasteiger partial charge in [0.25, 0.3) is 0 Å². The van der Waals surface area contributed by atoms with Crippen LogP contribution in [-0.4, -0.2) is 27.6 Å². The molecular weight excluding hydrogens is 340 g/mol. The van der Waals surface area contributed by atoms with Crippen molar-refractivity contribution in [3.8, 4) is 5.75 Å². The lowest BCUT2D eigenvalue weighted by Gasteiger charge is -2.16. The van der Waals surface area contributed by atoms with Gasteiger partial charge in [-0.1, -0.05) is 11.3 Å². The SMILES string of the molecule is COc1ccc2nc(NC(=O)C(C)n3c(C)cc(C)nc3=O)sc2c1. The highest BCUT2D eigenvalue weighted by Gasteiger charge is 2.20. The molecule has 3 rings (SSSR count). The van der Waals surface area contributed by atoms with Crippen molar-refractivity contribution in [2.24, 2.45) is 0 Å². The number of aromatic nitrogens is 3. The van der Waals surface area contributed by atoms with E-state index >= 15 is 0 Å². The zero-order valence-electron chi connectivity index (χ0n) is 14.4. The van der Waals surface area contributed by atoms with E-state index in [4.69, 9.17) is 4.74 Å². The first-order valence-corrected chi connectivity index (χ1v) is 8.53.